The van der Waals surface area contributed by atoms with Gasteiger partial charge in [-0.05, 0) is 12.1 Å². The minimum Gasteiger partial charge on any atom is -0.450 e. The predicted octanol–water partition coefficient (Wildman–Crippen LogP) is 2.88. The molecule has 4 rings (SSSR count). The van der Waals surface area contributed by atoms with Crippen molar-refractivity contribution in [1.29, 1.82) is 0 Å². The van der Waals surface area contributed by atoms with Crippen LogP contribution in [0.3, 0.4) is 0 Å². The number of hydrogen-bond acceptors (Lipinski definition) is 5. The van der Waals surface area contributed by atoms with E-state index in [4.69, 9.17) is 4.42 Å². The lowest BCUT2D eigenvalue weighted by molar-refractivity contribution is -0.250. The molecular formula is C15H12F3N3O2. The van der Waals surface area contributed by atoms with Gasteiger partial charge in [-0.2, -0.15) is 13.2 Å². The maximum Gasteiger partial charge on any atom is 0.418 e. The zero-order valence-corrected chi connectivity index (χ0v) is 11.8. The number of benzene rings is 1. The Labute approximate surface area is 128 Å². The van der Waals surface area contributed by atoms with Gasteiger partial charge in [0.05, 0.1) is 6.54 Å². The summed E-state index contributed by atoms with van der Waals surface area (Å²) in [5.41, 5.74) is -1.25. The van der Waals surface area contributed by atoms with Gasteiger partial charge in [-0.25, -0.2) is 9.97 Å². The van der Waals surface area contributed by atoms with Crippen LogP contribution in [0.15, 0.2) is 35.0 Å². The van der Waals surface area contributed by atoms with Gasteiger partial charge in [0.2, 0.25) is 0 Å². The summed E-state index contributed by atoms with van der Waals surface area (Å²) < 4.78 is 44.7. The fourth-order valence-corrected chi connectivity index (χ4v) is 2.94. The van der Waals surface area contributed by atoms with Crippen molar-refractivity contribution in [3.8, 4) is 0 Å². The standard InChI is InChI=1S/C15H12F3N3O2/c16-15(17,18)14(22)5-6-21(7-14)13-12-11(19-8-20-13)9-3-1-2-4-10(9)23-12/h1-4,8,22H,5-7H2. The molecule has 2 aromatic heterocycles. The lowest BCUT2D eigenvalue weighted by atomic mass is 10.0. The molecule has 1 N–H and O–H groups in total. The lowest BCUT2D eigenvalue weighted by Gasteiger charge is -2.26. The number of aliphatic hydroxyl groups is 1. The fraction of sp³-hybridized carbons (Fsp3) is 0.333. The average Bonchev–Trinajstić information content (AvgIpc) is 3.08. The Morgan fingerprint density at radius 3 is 2.74 bits per heavy atom. The van der Waals surface area contributed by atoms with Crippen LogP contribution in [-0.2, 0) is 0 Å². The van der Waals surface area contributed by atoms with Crippen molar-refractivity contribution in [2.45, 2.75) is 18.2 Å². The van der Waals surface area contributed by atoms with Crippen molar-refractivity contribution in [1.82, 2.24) is 9.97 Å². The highest BCUT2D eigenvalue weighted by Crippen LogP contribution is 2.40. The Morgan fingerprint density at radius 2 is 2.00 bits per heavy atom. The van der Waals surface area contributed by atoms with Crippen LogP contribution in [0.4, 0.5) is 19.0 Å². The van der Waals surface area contributed by atoms with E-state index in [1.165, 1.54) is 11.2 Å². The van der Waals surface area contributed by atoms with Crippen LogP contribution in [0.25, 0.3) is 22.1 Å². The largest absolute Gasteiger partial charge is 0.450 e. The van der Waals surface area contributed by atoms with E-state index in [1.54, 1.807) is 12.1 Å². The monoisotopic (exact) mass is 323 g/mol. The second kappa shape index (κ2) is 4.58. The summed E-state index contributed by atoms with van der Waals surface area (Å²) in [7, 11) is 0. The first-order valence-electron chi connectivity index (χ1n) is 7.05. The molecule has 1 unspecified atom stereocenters. The van der Waals surface area contributed by atoms with Gasteiger partial charge in [-0.3, -0.25) is 0 Å². The van der Waals surface area contributed by atoms with Gasteiger partial charge in [0, 0.05) is 18.4 Å². The number of nitrogens with zero attached hydrogens (tertiary/aromatic N) is 3. The minimum absolute atomic E-state index is 0.0408. The second-order valence-electron chi connectivity index (χ2n) is 5.67. The number of fused-ring (bicyclic) bond motifs is 3. The van der Waals surface area contributed by atoms with E-state index in [9.17, 15) is 18.3 Å². The Bertz CT molecular complexity index is 892. The number of furan rings is 1. The number of alkyl halides is 3. The molecule has 120 valence electrons. The molecule has 0 radical (unpaired) electrons. The van der Waals surface area contributed by atoms with E-state index in [1.807, 2.05) is 12.1 Å². The molecule has 1 aliphatic heterocycles. The number of rotatable bonds is 1. The van der Waals surface area contributed by atoms with Gasteiger partial charge >= 0.3 is 6.18 Å². The van der Waals surface area contributed by atoms with Crippen LogP contribution < -0.4 is 4.90 Å². The number of para-hydroxylation sites is 1. The molecular weight excluding hydrogens is 311 g/mol. The first-order valence-corrected chi connectivity index (χ1v) is 7.05. The quantitative estimate of drug-likeness (QED) is 0.746. The summed E-state index contributed by atoms with van der Waals surface area (Å²) in [6.45, 7) is -0.529. The van der Waals surface area contributed by atoms with Gasteiger partial charge in [-0.15, -0.1) is 0 Å². The third-order valence-electron chi connectivity index (χ3n) is 4.21. The first-order chi connectivity index (χ1) is 10.9. The number of halogens is 3. The molecule has 1 fully saturated rings. The maximum atomic E-state index is 13.0. The number of hydrogen-bond donors (Lipinski definition) is 1. The van der Waals surface area contributed by atoms with E-state index in [-0.39, 0.29) is 12.4 Å². The van der Waals surface area contributed by atoms with Crippen LogP contribution in [0.1, 0.15) is 6.42 Å². The maximum absolute atomic E-state index is 13.0. The molecule has 1 aromatic carbocycles. The number of β-amino-alcohol motifs (C(OH)–C–C–N with tert-alkyl or cyclic N) is 1. The molecule has 0 bridgehead atoms. The summed E-state index contributed by atoms with van der Waals surface area (Å²) in [6.07, 6.45) is -3.78. The van der Waals surface area contributed by atoms with Crippen LogP contribution in [0.5, 0.6) is 0 Å². The van der Waals surface area contributed by atoms with Crippen LogP contribution in [0.2, 0.25) is 0 Å². The SMILES string of the molecule is OC1(C(F)(F)F)CCN(c2ncnc3c2oc2ccccc23)C1. The van der Waals surface area contributed by atoms with E-state index >= 15 is 0 Å². The van der Waals surface area contributed by atoms with Crippen molar-refractivity contribution in [2.24, 2.45) is 0 Å². The fourth-order valence-electron chi connectivity index (χ4n) is 2.94. The van der Waals surface area contributed by atoms with Gasteiger partial charge in [0.15, 0.2) is 17.0 Å². The van der Waals surface area contributed by atoms with Crippen molar-refractivity contribution >= 4 is 27.9 Å². The van der Waals surface area contributed by atoms with Gasteiger partial charge in [-0.1, -0.05) is 12.1 Å². The molecule has 0 spiro atoms. The number of aromatic nitrogens is 2. The Balaban J connectivity index is 1.81. The van der Waals surface area contributed by atoms with Gasteiger partial charge in [0.25, 0.3) is 0 Å². The van der Waals surface area contributed by atoms with E-state index in [0.717, 1.165) is 5.39 Å². The molecule has 0 amide bonds. The van der Waals surface area contributed by atoms with Crippen molar-refractivity contribution in [3.05, 3.63) is 30.6 Å². The summed E-state index contributed by atoms with van der Waals surface area (Å²) in [5, 5.41) is 10.6. The normalized spacial score (nSPS) is 22.3. The van der Waals surface area contributed by atoms with E-state index in [2.05, 4.69) is 9.97 Å². The van der Waals surface area contributed by atoms with Crippen LogP contribution in [-0.4, -0.2) is 39.9 Å². The first kappa shape index (κ1) is 14.3. The third kappa shape index (κ3) is 2.05. The molecule has 0 aliphatic carbocycles. The van der Waals surface area contributed by atoms with Gasteiger partial charge in [0.1, 0.15) is 17.4 Å². The lowest BCUT2D eigenvalue weighted by Crippen LogP contribution is -2.47. The summed E-state index contributed by atoms with van der Waals surface area (Å²) in [4.78, 5) is 9.63. The molecule has 23 heavy (non-hydrogen) atoms. The molecule has 0 saturated carbocycles. The predicted molar refractivity (Wildman–Crippen MR) is 77.1 cm³/mol. The van der Waals surface area contributed by atoms with Crippen LogP contribution >= 0.6 is 0 Å². The summed E-state index contributed by atoms with van der Waals surface area (Å²) in [6, 6.07) is 7.22. The molecule has 8 heteroatoms. The van der Waals surface area contributed by atoms with Crippen molar-refractivity contribution in [2.75, 3.05) is 18.0 Å². The Hall–Kier alpha value is -2.35. The highest BCUT2D eigenvalue weighted by Gasteiger charge is 2.57. The topological polar surface area (TPSA) is 62.4 Å². The number of anilines is 1. The zero-order valence-electron chi connectivity index (χ0n) is 11.8. The smallest absolute Gasteiger partial charge is 0.418 e. The van der Waals surface area contributed by atoms with E-state index in [0.29, 0.717) is 16.7 Å². The highest BCUT2D eigenvalue weighted by molar-refractivity contribution is 6.05. The molecule has 1 aliphatic rings. The highest BCUT2D eigenvalue weighted by atomic mass is 19.4. The Morgan fingerprint density at radius 1 is 1.22 bits per heavy atom. The van der Waals surface area contributed by atoms with Crippen molar-refractivity contribution < 1.29 is 22.7 Å². The molecule has 3 aromatic rings. The molecule has 3 heterocycles. The zero-order chi connectivity index (χ0) is 16.2. The molecule has 1 saturated heterocycles. The molecule has 5 nitrogen and oxygen atoms in total. The minimum atomic E-state index is -4.68. The van der Waals surface area contributed by atoms with Crippen LogP contribution in [0, 0.1) is 0 Å². The second-order valence-corrected chi connectivity index (χ2v) is 5.67. The van der Waals surface area contributed by atoms with Crippen molar-refractivity contribution in [3.63, 3.8) is 0 Å². The Kier molecular flexibility index (Phi) is 2.84. The average molecular weight is 323 g/mol. The van der Waals surface area contributed by atoms with E-state index < -0.39 is 24.7 Å². The third-order valence-corrected chi connectivity index (χ3v) is 4.21. The molecule has 1 atom stereocenters. The summed E-state index contributed by atoms with van der Waals surface area (Å²) >= 11 is 0. The van der Waals surface area contributed by atoms with Gasteiger partial charge < -0.3 is 14.4 Å². The summed E-state index contributed by atoms with van der Waals surface area (Å²) in [5.74, 6) is 0.270.